The molecule has 2 saturated heterocycles. The molecule has 2 aliphatic rings. The molecule has 0 saturated carbocycles. The largest absolute Gasteiger partial charge is 0.368 e. The Balaban J connectivity index is 1.28. The maximum absolute atomic E-state index is 12.4. The van der Waals surface area contributed by atoms with Crippen LogP contribution in [0.2, 0.25) is 0 Å². The zero-order valence-corrected chi connectivity index (χ0v) is 15.1. The number of aromatic amines is 1. The summed E-state index contributed by atoms with van der Waals surface area (Å²) in [6.07, 6.45) is 5.33. The molecule has 0 unspecified atom stereocenters. The zero-order chi connectivity index (χ0) is 17.8. The molecule has 6 heteroatoms. The minimum Gasteiger partial charge on any atom is -0.368 e. The predicted molar refractivity (Wildman–Crippen MR) is 97.8 cm³/mol. The van der Waals surface area contributed by atoms with Gasteiger partial charge in [0, 0.05) is 32.0 Å². The van der Waals surface area contributed by atoms with Crippen LogP contribution in [-0.2, 0) is 22.4 Å². The molecular formula is C20H26N4O2. The summed E-state index contributed by atoms with van der Waals surface area (Å²) in [5, 5.41) is 7.53. The highest BCUT2D eigenvalue weighted by atomic mass is 16.5. The molecule has 1 aromatic carbocycles. The van der Waals surface area contributed by atoms with Crippen molar-refractivity contribution in [3.05, 3.63) is 47.5 Å². The van der Waals surface area contributed by atoms with Crippen molar-refractivity contribution in [2.45, 2.75) is 50.5 Å². The van der Waals surface area contributed by atoms with Crippen LogP contribution in [0, 0.1) is 0 Å². The van der Waals surface area contributed by atoms with Gasteiger partial charge in [-0.2, -0.15) is 5.10 Å². The standard InChI is InChI=1S/C20H26N4O2/c25-20(17-7-4-14-26-17)24-12-10-16(11-13-24)19-21-18(22-23-19)9-8-15-5-2-1-3-6-15/h1-3,5-6,16-17H,4,7-14H2,(H,21,22,23)/t17-/m1/s1. The van der Waals surface area contributed by atoms with E-state index >= 15 is 0 Å². The monoisotopic (exact) mass is 354 g/mol. The quantitative estimate of drug-likeness (QED) is 0.895. The van der Waals surface area contributed by atoms with Gasteiger partial charge in [0.05, 0.1) is 0 Å². The van der Waals surface area contributed by atoms with Crippen LogP contribution in [0.1, 0.15) is 48.8 Å². The highest BCUT2D eigenvalue weighted by molar-refractivity contribution is 5.81. The van der Waals surface area contributed by atoms with E-state index in [1.54, 1.807) is 0 Å². The number of likely N-dealkylation sites (tertiary alicyclic amines) is 1. The summed E-state index contributed by atoms with van der Waals surface area (Å²) in [4.78, 5) is 19.1. The van der Waals surface area contributed by atoms with Crippen molar-refractivity contribution < 1.29 is 9.53 Å². The van der Waals surface area contributed by atoms with E-state index in [4.69, 9.17) is 9.72 Å². The Kier molecular flexibility index (Phi) is 5.29. The second-order valence-corrected chi connectivity index (χ2v) is 7.23. The number of H-pyrrole nitrogens is 1. The van der Waals surface area contributed by atoms with Crippen molar-refractivity contribution in [2.75, 3.05) is 19.7 Å². The Morgan fingerprint density at radius 2 is 1.96 bits per heavy atom. The van der Waals surface area contributed by atoms with E-state index in [9.17, 15) is 4.79 Å². The van der Waals surface area contributed by atoms with E-state index in [-0.39, 0.29) is 12.0 Å². The van der Waals surface area contributed by atoms with Crippen molar-refractivity contribution >= 4 is 5.91 Å². The molecule has 2 aliphatic heterocycles. The maximum atomic E-state index is 12.4. The topological polar surface area (TPSA) is 71.1 Å². The number of ether oxygens (including phenoxy) is 1. The highest BCUT2D eigenvalue weighted by Crippen LogP contribution is 2.27. The van der Waals surface area contributed by atoms with E-state index < -0.39 is 0 Å². The van der Waals surface area contributed by atoms with Gasteiger partial charge in [-0.1, -0.05) is 30.3 Å². The van der Waals surface area contributed by atoms with Crippen molar-refractivity contribution in [3.8, 4) is 0 Å². The van der Waals surface area contributed by atoms with Gasteiger partial charge in [0.15, 0.2) is 5.82 Å². The smallest absolute Gasteiger partial charge is 0.251 e. The lowest BCUT2D eigenvalue weighted by molar-refractivity contribution is -0.142. The normalized spacial score (nSPS) is 21.2. The highest BCUT2D eigenvalue weighted by Gasteiger charge is 2.32. The number of nitrogens with one attached hydrogen (secondary N) is 1. The molecule has 26 heavy (non-hydrogen) atoms. The molecule has 1 aromatic heterocycles. The van der Waals surface area contributed by atoms with Gasteiger partial charge in [-0.25, -0.2) is 4.98 Å². The molecule has 0 spiro atoms. The molecule has 6 nitrogen and oxygen atoms in total. The fraction of sp³-hybridized carbons (Fsp3) is 0.550. The Bertz CT molecular complexity index is 716. The number of benzene rings is 1. The Morgan fingerprint density at radius 1 is 1.15 bits per heavy atom. The number of aromatic nitrogens is 3. The number of rotatable bonds is 5. The lowest BCUT2D eigenvalue weighted by Gasteiger charge is -2.32. The molecule has 1 amide bonds. The Hall–Kier alpha value is -2.21. The molecule has 2 aromatic rings. The fourth-order valence-corrected chi connectivity index (χ4v) is 3.85. The van der Waals surface area contributed by atoms with Gasteiger partial charge >= 0.3 is 0 Å². The molecule has 0 aliphatic carbocycles. The van der Waals surface area contributed by atoms with E-state index in [0.29, 0.717) is 5.92 Å². The lowest BCUT2D eigenvalue weighted by Crippen LogP contribution is -2.43. The SMILES string of the molecule is O=C([C@H]1CCCO1)N1CCC(c2n[nH]c(CCc3ccccc3)n2)CC1. The van der Waals surface area contributed by atoms with Crippen LogP contribution in [0.15, 0.2) is 30.3 Å². The minimum absolute atomic E-state index is 0.166. The molecule has 3 heterocycles. The molecule has 1 atom stereocenters. The first-order valence-corrected chi connectivity index (χ1v) is 9.65. The summed E-state index contributed by atoms with van der Waals surface area (Å²) in [5.41, 5.74) is 1.31. The number of hydrogen-bond donors (Lipinski definition) is 1. The Labute approximate surface area is 154 Å². The van der Waals surface area contributed by atoms with Crippen LogP contribution >= 0.6 is 0 Å². The third-order valence-electron chi connectivity index (χ3n) is 5.42. The van der Waals surface area contributed by atoms with Gasteiger partial charge < -0.3 is 9.64 Å². The van der Waals surface area contributed by atoms with Gasteiger partial charge in [-0.3, -0.25) is 9.89 Å². The molecule has 138 valence electrons. The van der Waals surface area contributed by atoms with Gasteiger partial charge in [0.25, 0.3) is 5.91 Å². The van der Waals surface area contributed by atoms with Crippen LogP contribution in [-0.4, -0.2) is 51.8 Å². The van der Waals surface area contributed by atoms with E-state index in [2.05, 4.69) is 34.5 Å². The van der Waals surface area contributed by atoms with E-state index in [0.717, 1.165) is 69.9 Å². The summed E-state index contributed by atoms with van der Waals surface area (Å²) in [6.45, 7) is 2.27. The van der Waals surface area contributed by atoms with E-state index in [1.165, 1.54) is 5.56 Å². The molecule has 1 N–H and O–H groups in total. The van der Waals surface area contributed by atoms with Crippen molar-refractivity contribution in [3.63, 3.8) is 0 Å². The first-order chi connectivity index (χ1) is 12.8. The van der Waals surface area contributed by atoms with Crippen molar-refractivity contribution in [1.29, 1.82) is 0 Å². The van der Waals surface area contributed by atoms with Gasteiger partial charge in [-0.05, 0) is 37.7 Å². The first kappa shape index (κ1) is 17.2. The first-order valence-electron chi connectivity index (χ1n) is 9.65. The number of carbonyl (C=O) groups is 1. The summed E-state index contributed by atoms with van der Waals surface area (Å²) < 4.78 is 5.53. The third-order valence-corrected chi connectivity index (χ3v) is 5.42. The molecule has 0 radical (unpaired) electrons. The minimum atomic E-state index is -0.209. The summed E-state index contributed by atoms with van der Waals surface area (Å²) in [6, 6.07) is 10.4. The molecule has 0 bridgehead atoms. The Morgan fingerprint density at radius 3 is 2.69 bits per heavy atom. The average Bonchev–Trinajstić information content (AvgIpc) is 3.39. The van der Waals surface area contributed by atoms with Crippen LogP contribution in [0.4, 0.5) is 0 Å². The van der Waals surface area contributed by atoms with E-state index in [1.807, 2.05) is 11.0 Å². The lowest BCUT2D eigenvalue weighted by atomic mass is 9.95. The van der Waals surface area contributed by atoms with Gasteiger partial charge in [0.1, 0.15) is 11.9 Å². The predicted octanol–water partition coefficient (Wildman–Crippen LogP) is 2.47. The third kappa shape index (κ3) is 3.96. The second kappa shape index (κ2) is 7.99. The zero-order valence-electron chi connectivity index (χ0n) is 15.1. The number of amides is 1. The van der Waals surface area contributed by atoms with Crippen LogP contribution < -0.4 is 0 Å². The van der Waals surface area contributed by atoms with Gasteiger partial charge in [0.2, 0.25) is 0 Å². The number of nitrogens with zero attached hydrogens (tertiary/aromatic N) is 3. The summed E-state index contributed by atoms with van der Waals surface area (Å²) >= 11 is 0. The number of carbonyl (C=O) groups excluding carboxylic acids is 1. The molecule has 2 fully saturated rings. The van der Waals surface area contributed by atoms with Crippen molar-refractivity contribution in [2.24, 2.45) is 0 Å². The van der Waals surface area contributed by atoms with Crippen LogP contribution in [0.3, 0.4) is 0 Å². The number of aryl methyl sites for hydroxylation is 2. The number of hydrogen-bond acceptors (Lipinski definition) is 4. The van der Waals surface area contributed by atoms with Crippen molar-refractivity contribution in [1.82, 2.24) is 20.1 Å². The maximum Gasteiger partial charge on any atom is 0.251 e. The molecular weight excluding hydrogens is 328 g/mol. The average molecular weight is 354 g/mol. The molecule has 4 rings (SSSR count). The second-order valence-electron chi connectivity index (χ2n) is 7.23. The summed E-state index contributed by atoms with van der Waals surface area (Å²) in [7, 11) is 0. The van der Waals surface area contributed by atoms with Gasteiger partial charge in [-0.15, -0.1) is 0 Å². The van der Waals surface area contributed by atoms with Crippen LogP contribution in [0.25, 0.3) is 0 Å². The van der Waals surface area contributed by atoms with Crippen LogP contribution in [0.5, 0.6) is 0 Å². The summed E-state index contributed by atoms with van der Waals surface area (Å²) in [5.74, 6) is 2.35. The number of piperidine rings is 1. The fourth-order valence-electron chi connectivity index (χ4n) is 3.85.